The number of allylic oxidation sites excluding steroid dienone is 1. The number of nitriles is 1. The zero-order chi connectivity index (χ0) is 15.4. The molecule has 110 valence electrons. The van der Waals surface area contributed by atoms with Crippen molar-refractivity contribution in [3.63, 3.8) is 0 Å². The second-order valence-corrected chi connectivity index (χ2v) is 4.96. The second kappa shape index (κ2) is 6.31. The van der Waals surface area contributed by atoms with Crippen LogP contribution in [-0.4, -0.2) is 45.5 Å². The summed E-state index contributed by atoms with van der Waals surface area (Å²) in [6.45, 7) is 0.671. The van der Waals surface area contributed by atoms with Gasteiger partial charge in [-0.2, -0.15) is 5.26 Å². The van der Waals surface area contributed by atoms with E-state index in [1.165, 1.54) is 0 Å². The second-order valence-electron chi connectivity index (χ2n) is 4.96. The van der Waals surface area contributed by atoms with E-state index >= 15 is 0 Å². The largest absolute Gasteiger partial charge is 0.493 e. The molecule has 5 nitrogen and oxygen atoms in total. The molecule has 0 atom stereocenters. The molecule has 1 aromatic carbocycles. The van der Waals surface area contributed by atoms with Gasteiger partial charge in [0.2, 0.25) is 0 Å². The van der Waals surface area contributed by atoms with E-state index in [9.17, 15) is 5.26 Å². The summed E-state index contributed by atoms with van der Waals surface area (Å²) in [5.74, 6) is 1.35. The Morgan fingerprint density at radius 1 is 1.29 bits per heavy atom. The zero-order valence-electron chi connectivity index (χ0n) is 12.8. The lowest BCUT2D eigenvalue weighted by atomic mass is 9.93. The monoisotopic (exact) mass is 285 g/mol. The number of rotatable bonds is 4. The van der Waals surface area contributed by atoms with E-state index in [0.29, 0.717) is 29.3 Å². The van der Waals surface area contributed by atoms with E-state index in [0.717, 1.165) is 17.5 Å². The van der Waals surface area contributed by atoms with Crippen LogP contribution >= 0.6 is 0 Å². The van der Waals surface area contributed by atoms with Crippen molar-refractivity contribution in [2.24, 2.45) is 4.99 Å². The van der Waals surface area contributed by atoms with E-state index in [4.69, 9.17) is 9.47 Å². The van der Waals surface area contributed by atoms with Crippen LogP contribution in [0.1, 0.15) is 11.1 Å². The van der Waals surface area contributed by atoms with Crippen molar-refractivity contribution >= 4 is 5.71 Å². The maximum atomic E-state index is 9.40. The van der Waals surface area contributed by atoms with Crippen molar-refractivity contribution in [1.29, 1.82) is 5.26 Å². The van der Waals surface area contributed by atoms with E-state index in [-0.39, 0.29) is 0 Å². The van der Waals surface area contributed by atoms with Gasteiger partial charge >= 0.3 is 0 Å². The lowest BCUT2D eigenvalue weighted by molar-refractivity contribution is 0.354. The van der Waals surface area contributed by atoms with Crippen molar-refractivity contribution < 1.29 is 9.47 Å². The number of aliphatic imine (C=N–C) groups is 1. The van der Waals surface area contributed by atoms with Gasteiger partial charge in [-0.3, -0.25) is 4.99 Å². The Balaban J connectivity index is 2.56. The first-order valence-electron chi connectivity index (χ1n) is 6.69. The van der Waals surface area contributed by atoms with E-state index in [2.05, 4.69) is 11.1 Å². The molecule has 0 radical (unpaired) electrons. The minimum absolute atomic E-state index is 0.549. The predicted octanol–water partition coefficient (Wildman–Crippen LogP) is 2.02. The van der Waals surface area contributed by atoms with Crippen LogP contribution in [0, 0.1) is 11.3 Å². The normalized spacial score (nSPS) is 13.9. The standard InChI is InChI=1S/C16H19N3O2/c1-19(2)10-12(9-17)16-13-8-15(21-4)14(20-3)7-11(13)5-6-18-16/h7-8,10H,5-6H2,1-4H3/b12-10+. The van der Waals surface area contributed by atoms with Gasteiger partial charge in [-0.05, 0) is 24.1 Å². The van der Waals surface area contributed by atoms with Crippen molar-refractivity contribution in [2.45, 2.75) is 6.42 Å². The minimum atomic E-state index is 0.549. The first-order valence-corrected chi connectivity index (χ1v) is 6.69. The van der Waals surface area contributed by atoms with Gasteiger partial charge in [0.25, 0.3) is 0 Å². The fourth-order valence-corrected chi connectivity index (χ4v) is 2.35. The molecule has 0 saturated carbocycles. The summed E-state index contributed by atoms with van der Waals surface area (Å²) in [4.78, 5) is 6.37. The average molecular weight is 285 g/mol. The molecule has 1 aliphatic rings. The third-order valence-corrected chi connectivity index (χ3v) is 3.28. The molecule has 1 aliphatic heterocycles. The molecule has 21 heavy (non-hydrogen) atoms. The number of hydrogen-bond donors (Lipinski definition) is 0. The molecule has 0 bridgehead atoms. The van der Waals surface area contributed by atoms with Crippen LogP contribution < -0.4 is 9.47 Å². The zero-order valence-corrected chi connectivity index (χ0v) is 12.8. The van der Waals surface area contributed by atoms with Gasteiger partial charge in [-0.25, -0.2) is 0 Å². The molecule has 0 aromatic heterocycles. The summed E-state index contributed by atoms with van der Waals surface area (Å²) in [5, 5.41) is 9.40. The first-order chi connectivity index (χ1) is 10.1. The molecule has 5 heteroatoms. The predicted molar refractivity (Wildman–Crippen MR) is 82.0 cm³/mol. The van der Waals surface area contributed by atoms with Crippen LogP contribution in [-0.2, 0) is 6.42 Å². The third-order valence-electron chi connectivity index (χ3n) is 3.28. The summed E-state index contributed by atoms with van der Waals surface area (Å²) < 4.78 is 10.7. The number of methoxy groups -OCH3 is 2. The van der Waals surface area contributed by atoms with E-state index in [1.807, 2.05) is 31.1 Å². The molecule has 1 aromatic rings. The summed E-state index contributed by atoms with van der Waals surface area (Å²) in [6, 6.07) is 6.09. The summed E-state index contributed by atoms with van der Waals surface area (Å²) in [5.41, 5.74) is 3.33. The fraction of sp³-hybridized carbons (Fsp3) is 0.375. The molecular weight excluding hydrogens is 266 g/mol. The lowest BCUT2D eigenvalue weighted by Gasteiger charge is -2.20. The molecule has 0 spiro atoms. The molecule has 2 rings (SSSR count). The maximum absolute atomic E-state index is 9.40. The van der Waals surface area contributed by atoms with Gasteiger partial charge < -0.3 is 14.4 Å². The van der Waals surface area contributed by atoms with Gasteiger partial charge in [-0.15, -0.1) is 0 Å². The third kappa shape index (κ3) is 3.00. The van der Waals surface area contributed by atoms with Gasteiger partial charge in [0.05, 0.1) is 25.5 Å². The van der Waals surface area contributed by atoms with Crippen molar-refractivity contribution in [1.82, 2.24) is 4.90 Å². The Hall–Kier alpha value is -2.48. The van der Waals surface area contributed by atoms with Gasteiger partial charge in [0, 0.05) is 32.4 Å². The van der Waals surface area contributed by atoms with Gasteiger partial charge in [-0.1, -0.05) is 0 Å². The summed E-state index contributed by atoms with van der Waals surface area (Å²) in [7, 11) is 6.99. The average Bonchev–Trinajstić information content (AvgIpc) is 2.50. The van der Waals surface area contributed by atoms with E-state index < -0.39 is 0 Å². The molecule has 0 saturated heterocycles. The van der Waals surface area contributed by atoms with Crippen LogP contribution in [0.15, 0.2) is 28.9 Å². The number of benzene rings is 1. The van der Waals surface area contributed by atoms with Crippen LogP contribution in [0.25, 0.3) is 0 Å². The highest BCUT2D eigenvalue weighted by Gasteiger charge is 2.21. The van der Waals surface area contributed by atoms with E-state index in [1.54, 1.807) is 20.4 Å². The number of hydrogen-bond acceptors (Lipinski definition) is 5. The Morgan fingerprint density at radius 2 is 1.95 bits per heavy atom. The van der Waals surface area contributed by atoms with Crippen molar-refractivity contribution in [3.8, 4) is 17.6 Å². The highest BCUT2D eigenvalue weighted by atomic mass is 16.5. The molecule has 0 unspecified atom stereocenters. The molecule has 0 fully saturated rings. The highest BCUT2D eigenvalue weighted by molar-refractivity contribution is 6.16. The lowest BCUT2D eigenvalue weighted by Crippen LogP contribution is -2.17. The molecule has 0 amide bonds. The Labute approximate surface area is 125 Å². The van der Waals surface area contributed by atoms with Gasteiger partial charge in [0.1, 0.15) is 6.07 Å². The summed E-state index contributed by atoms with van der Waals surface area (Å²) >= 11 is 0. The maximum Gasteiger partial charge on any atom is 0.161 e. The number of nitrogens with zero attached hydrogens (tertiary/aromatic N) is 3. The number of fused-ring (bicyclic) bond motifs is 1. The molecule has 0 aliphatic carbocycles. The SMILES string of the molecule is COc1cc2c(cc1OC)C(/C(C#N)=C/N(C)C)=NCC2. The number of ether oxygens (including phenoxy) is 2. The van der Waals surface area contributed by atoms with Crippen LogP contribution in [0.5, 0.6) is 11.5 Å². The quantitative estimate of drug-likeness (QED) is 0.794. The summed E-state index contributed by atoms with van der Waals surface area (Å²) in [6.07, 6.45) is 2.62. The van der Waals surface area contributed by atoms with Gasteiger partial charge in [0.15, 0.2) is 11.5 Å². The topological polar surface area (TPSA) is 57.9 Å². The Bertz CT molecular complexity index is 640. The van der Waals surface area contributed by atoms with Crippen molar-refractivity contribution in [2.75, 3.05) is 34.9 Å². The van der Waals surface area contributed by atoms with Crippen LogP contribution in [0.4, 0.5) is 0 Å². The van der Waals surface area contributed by atoms with Crippen molar-refractivity contribution in [3.05, 3.63) is 35.0 Å². The molecule has 0 N–H and O–H groups in total. The van der Waals surface area contributed by atoms with Crippen LogP contribution in [0.2, 0.25) is 0 Å². The smallest absolute Gasteiger partial charge is 0.161 e. The Morgan fingerprint density at radius 3 is 2.52 bits per heavy atom. The first kappa shape index (κ1) is 14.9. The molecular formula is C16H19N3O2. The Kier molecular flexibility index (Phi) is 4.49. The molecule has 1 heterocycles. The fourth-order valence-electron chi connectivity index (χ4n) is 2.35. The van der Waals surface area contributed by atoms with Crippen LogP contribution in [0.3, 0.4) is 0 Å². The highest BCUT2D eigenvalue weighted by Crippen LogP contribution is 2.33. The minimum Gasteiger partial charge on any atom is -0.493 e.